The summed E-state index contributed by atoms with van der Waals surface area (Å²) in [6, 6.07) is 0. The first-order chi connectivity index (χ1) is 7.25. The highest BCUT2D eigenvalue weighted by atomic mass is 16.1. The third-order valence-electron chi connectivity index (χ3n) is 3.80. The Hall–Kier alpha value is -0.370. The van der Waals surface area contributed by atoms with E-state index < -0.39 is 0 Å². The zero-order chi connectivity index (χ0) is 11.1. The fraction of sp³-hybridized carbons (Fsp3) is 0.923. The third-order valence-corrected chi connectivity index (χ3v) is 3.80. The molecule has 1 aliphatic carbocycles. The smallest absolute Gasteiger partial charge is 0.140 e. The maximum Gasteiger partial charge on any atom is 0.140 e. The molecule has 1 aliphatic rings. The number of unbranched alkanes of at least 4 members (excludes halogenated alkanes) is 3. The summed E-state index contributed by atoms with van der Waals surface area (Å²) in [5.41, 5.74) is 5.66. The zero-order valence-corrected chi connectivity index (χ0v) is 10.1. The van der Waals surface area contributed by atoms with Gasteiger partial charge in [-0.05, 0) is 19.3 Å². The van der Waals surface area contributed by atoms with E-state index in [0.29, 0.717) is 12.3 Å². The minimum Gasteiger partial charge on any atom is -0.329 e. The number of carbonyl (C=O) groups excluding carboxylic acids is 1. The molecule has 2 N–H and O–H groups in total. The second kappa shape index (κ2) is 6.26. The summed E-state index contributed by atoms with van der Waals surface area (Å²) in [6.07, 6.45) is 9.97. The van der Waals surface area contributed by atoms with Gasteiger partial charge in [-0.3, -0.25) is 4.79 Å². The van der Waals surface area contributed by atoms with Crippen molar-refractivity contribution in [2.45, 2.75) is 64.7 Å². The molecule has 0 atom stereocenters. The molecule has 2 nitrogen and oxygen atoms in total. The van der Waals surface area contributed by atoms with Crippen molar-refractivity contribution >= 4 is 5.78 Å². The van der Waals surface area contributed by atoms with Crippen molar-refractivity contribution in [2.24, 2.45) is 11.1 Å². The van der Waals surface area contributed by atoms with Crippen LogP contribution in [0.5, 0.6) is 0 Å². The molecule has 1 fully saturated rings. The molecule has 1 saturated carbocycles. The highest BCUT2D eigenvalue weighted by Gasteiger charge is 2.38. The summed E-state index contributed by atoms with van der Waals surface area (Å²) in [5.74, 6) is 0.443. The van der Waals surface area contributed by atoms with Gasteiger partial charge >= 0.3 is 0 Å². The van der Waals surface area contributed by atoms with Crippen LogP contribution in [0, 0.1) is 5.41 Å². The number of rotatable bonds is 7. The Bertz CT molecular complexity index is 195. The van der Waals surface area contributed by atoms with Crippen molar-refractivity contribution in [1.29, 1.82) is 0 Å². The number of ketones is 1. The Morgan fingerprint density at radius 3 is 2.40 bits per heavy atom. The summed E-state index contributed by atoms with van der Waals surface area (Å²) in [4.78, 5) is 12.1. The third kappa shape index (κ3) is 3.30. The first-order valence-electron chi connectivity index (χ1n) is 6.48. The molecule has 0 aromatic heterocycles. The molecule has 0 heterocycles. The molecule has 2 heteroatoms. The van der Waals surface area contributed by atoms with Crippen LogP contribution in [-0.2, 0) is 4.79 Å². The van der Waals surface area contributed by atoms with Gasteiger partial charge in [0, 0.05) is 18.4 Å². The van der Waals surface area contributed by atoms with Crippen molar-refractivity contribution < 1.29 is 4.79 Å². The second-order valence-corrected chi connectivity index (χ2v) is 4.93. The van der Waals surface area contributed by atoms with E-state index in [2.05, 4.69) is 6.92 Å². The van der Waals surface area contributed by atoms with Crippen LogP contribution in [0.25, 0.3) is 0 Å². The quantitative estimate of drug-likeness (QED) is 0.658. The van der Waals surface area contributed by atoms with Gasteiger partial charge in [0.15, 0.2) is 0 Å². The average Bonchev–Trinajstić information content (AvgIpc) is 2.74. The Labute approximate surface area is 93.6 Å². The number of carbonyl (C=O) groups is 1. The SMILES string of the molecule is CCCCCCC(=O)C1(CN)CCCC1. The van der Waals surface area contributed by atoms with E-state index in [-0.39, 0.29) is 5.41 Å². The molecule has 0 aromatic carbocycles. The molecule has 0 aliphatic heterocycles. The highest BCUT2D eigenvalue weighted by Crippen LogP contribution is 2.39. The Kier molecular flexibility index (Phi) is 5.30. The molecular formula is C13H25NO. The maximum atomic E-state index is 12.1. The second-order valence-electron chi connectivity index (χ2n) is 4.93. The van der Waals surface area contributed by atoms with E-state index >= 15 is 0 Å². The fourth-order valence-corrected chi connectivity index (χ4v) is 2.63. The van der Waals surface area contributed by atoms with Gasteiger partial charge in [-0.2, -0.15) is 0 Å². The lowest BCUT2D eigenvalue weighted by molar-refractivity contribution is -0.128. The molecule has 1 rings (SSSR count). The van der Waals surface area contributed by atoms with Crippen molar-refractivity contribution in [3.63, 3.8) is 0 Å². The Morgan fingerprint density at radius 2 is 1.87 bits per heavy atom. The molecule has 0 spiro atoms. The average molecular weight is 211 g/mol. The van der Waals surface area contributed by atoms with Gasteiger partial charge in [-0.15, -0.1) is 0 Å². The normalized spacial score (nSPS) is 19.3. The zero-order valence-electron chi connectivity index (χ0n) is 10.1. The molecule has 0 unspecified atom stereocenters. The minimum atomic E-state index is -0.119. The molecule has 88 valence electrons. The van der Waals surface area contributed by atoms with Crippen LogP contribution in [0.15, 0.2) is 0 Å². The predicted octanol–water partition coefficient (Wildman–Crippen LogP) is 3.05. The van der Waals surface area contributed by atoms with Crippen LogP contribution in [0.2, 0.25) is 0 Å². The van der Waals surface area contributed by atoms with Crippen LogP contribution in [0.4, 0.5) is 0 Å². The summed E-state index contributed by atoms with van der Waals surface area (Å²) < 4.78 is 0. The van der Waals surface area contributed by atoms with Crippen LogP contribution < -0.4 is 5.73 Å². The summed E-state index contributed by atoms with van der Waals surface area (Å²) >= 11 is 0. The molecule has 0 aromatic rings. The van der Waals surface area contributed by atoms with E-state index in [1.165, 1.54) is 32.1 Å². The fourth-order valence-electron chi connectivity index (χ4n) is 2.63. The van der Waals surface area contributed by atoms with E-state index in [1.807, 2.05) is 0 Å². The van der Waals surface area contributed by atoms with Crippen molar-refractivity contribution in [2.75, 3.05) is 6.54 Å². The van der Waals surface area contributed by atoms with Gasteiger partial charge in [-0.25, -0.2) is 0 Å². The van der Waals surface area contributed by atoms with E-state index in [9.17, 15) is 4.79 Å². The van der Waals surface area contributed by atoms with Crippen molar-refractivity contribution in [3.05, 3.63) is 0 Å². The van der Waals surface area contributed by atoms with Gasteiger partial charge in [0.2, 0.25) is 0 Å². The van der Waals surface area contributed by atoms with Gasteiger partial charge < -0.3 is 5.73 Å². The lowest BCUT2D eigenvalue weighted by Crippen LogP contribution is -2.35. The molecule has 0 saturated heterocycles. The van der Waals surface area contributed by atoms with E-state index in [0.717, 1.165) is 25.7 Å². The summed E-state index contributed by atoms with van der Waals surface area (Å²) in [7, 11) is 0. The summed E-state index contributed by atoms with van der Waals surface area (Å²) in [5, 5.41) is 0. The first kappa shape index (κ1) is 12.7. The van der Waals surface area contributed by atoms with Crippen molar-refractivity contribution in [3.8, 4) is 0 Å². The largest absolute Gasteiger partial charge is 0.329 e. The lowest BCUT2D eigenvalue weighted by atomic mass is 9.80. The van der Waals surface area contributed by atoms with Crippen LogP contribution in [0.1, 0.15) is 64.7 Å². The topological polar surface area (TPSA) is 43.1 Å². The predicted molar refractivity (Wildman–Crippen MR) is 63.7 cm³/mol. The van der Waals surface area contributed by atoms with Crippen LogP contribution >= 0.6 is 0 Å². The van der Waals surface area contributed by atoms with Crippen molar-refractivity contribution in [1.82, 2.24) is 0 Å². The molecule has 0 amide bonds. The van der Waals surface area contributed by atoms with Crippen LogP contribution in [-0.4, -0.2) is 12.3 Å². The maximum absolute atomic E-state index is 12.1. The summed E-state index contributed by atoms with van der Waals surface area (Å²) in [6.45, 7) is 2.76. The van der Waals surface area contributed by atoms with E-state index in [1.54, 1.807) is 0 Å². The number of hydrogen-bond acceptors (Lipinski definition) is 2. The minimum absolute atomic E-state index is 0.119. The number of nitrogens with two attached hydrogens (primary N) is 1. The number of hydrogen-bond donors (Lipinski definition) is 1. The Morgan fingerprint density at radius 1 is 1.20 bits per heavy atom. The van der Waals surface area contributed by atoms with Gasteiger partial charge in [0.25, 0.3) is 0 Å². The molecule has 0 radical (unpaired) electrons. The van der Waals surface area contributed by atoms with E-state index in [4.69, 9.17) is 5.73 Å². The first-order valence-corrected chi connectivity index (χ1v) is 6.48. The molecule has 0 bridgehead atoms. The van der Waals surface area contributed by atoms with Crippen LogP contribution in [0.3, 0.4) is 0 Å². The van der Waals surface area contributed by atoms with Gasteiger partial charge in [0.1, 0.15) is 5.78 Å². The standard InChI is InChI=1S/C13H25NO/c1-2-3-4-5-8-12(15)13(11-14)9-6-7-10-13/h2-11,14H2,1H3. The van der Waals surface area contributed by atoms with Gasteiger partial charge in [0.05, 0.1) is 0 Å². The highest BCUT2D eigenvalue weighted by molar-refractivity contribution is 5.85. The molecule has 15 heavy (non-hydrogen) atoms. The lowest BCUT2D eigenvalue weighted by Gasteiger charge is -2.25. The molecular weight excluding hydrogens is 186 g/mol. The monoisotopic (exact) mass is 211 g/mol. The number of Topliss-reactive ketones (excluding diaryl/α,β-unsaturated/α-hetero) is 1. The van der Waals surface area contributed by atoms with Gasteiger partial charge in [-0.1, -0.05) is 39.0 Å². The Balaban J connectivity index is 2.31.